The normalized spacial score (nSPS) is 13.9. The summed E-state index contributed by atoms with van der Waals surface area (Å²) in [5, 5.41) is 3.26. The van der Waals surface area contributed by atoms with Crippen LogP contribution < -0.4 is 5.32 Å². The molecule has 0 bridgehead atoms. The molecule has 0 aliphatic heterocycles. The number of rotatable bonds is 6. The summed E-state index contributed by atoms with van der Waals surface area (Å²) >= 11 is 0. The third-order valence-corrected chi connectivity index (χ3v) is 3.36. The maximum Gasteiger partial charge on any atom is 0.147 e. The Bertz CT molecular complexity index is 422. The molecule has 5 heteroatoms. The van der Waals surface area contributed by atoms with E-state index < -0.39 is 9.84 Å². The van der Waals surface area contributed by atoms with E-state index in [4.69, 9.17) is 4.42 Å². The average molecular weight is 245 g/mol. The van der Waals surface area contributed by atoms with Crippen molar-refractivity contribution in [2.24, 2.45) is 0 Å². The highest BCUT2D eigenvalue weighted by molar-refractivity contribution is 7.90. The predicted molar refractivity (Wildman–Crippen MR) is 64.2 cm³/mol. The van der Waals surface area contributed by atoms with Gasteiger partial charge in [-0.05, 0) is 26.0 Å². The van der Waals surface area contributed by atoms with Crippen LogP contribution in [0, 0.1) is 6.92 Å². The van der Waals surface area contributed by atoms with Crippen molar-refractivity contribution >= 4 is 9.84 Å². The highest BCUT2D eigenvalue weighted by Crippen LogP contribution is 2.19. The van der Waals surface area contributed by atoms with Crippen LogP contribution in [0.1, 0.15) is 30.7 Å². The second-order valence-electron chi connectivity index (χ2n) is 4.02. The second-order valence-corrected chi connectivity index (χ2v) is 6.28. The minimum atomic E-state index is -2.91. The molecule has 16 heavy (non-hydrogen) atoms. The zero-order chi connectivity index (χ0) is 12.2. The standard InChI is InChI=1S/C11H19NO3S/c1-4-12-11(5-6-16(3,13)14)10-7-9(2)15-8-10/h7-8,11-12H,4-6H2,1-3H3. The van der Waals surface area contributed by atoms with Crippen LogP contribution in [-0.4, -0.2) is 27.0 Å². The molecule has 0 aliphatic carbocycles. The molecular formula is C11H19NO3S. The van der Waals surface area contributed by atoms with Crippen molar-refractivity contribution < 1.29 is 12.8 Å². The quantitative estimate of drug-likeness (QED) is 0.828. The van der Waals surface area contributed by atoms with Crippen LogP contribution in [0.25, 0.3) is 0 Å². The van der Waals surface area contributed by atoms with Crippen molar-refractivity contribution in [2.75, 3.05) is 18.6 Å². The molecule has 0 fully saturated rings. The average Bonchev–Trinajstić information content (AvgIpc) is 2.57. The van der Waals surface area contributed by atoms with E-state index in [9.17, 15) is 8.42 Å². The van der Waals surface area contributed by atoms with E-state index in [1.807, 2.05) is 19.9 Å². The van der Waals surface area contributed by atoms with E-state index in [1.54, 1.807) is 6.26 Å². The van der Waals surface area contributed by atoms with Gasteiger partial charge in [-0.3, -0.25) is 0 Å². The topological polar surface area (TPSA) is 59.3 Å². The van der Waals surface area contributed by atoms with Crippen LogP contribution >= 0.6 is 0 Å². The van der Waals surface area contributed by atoms with Gasteiger partial charge in [-0.2, -0.15) is 0 Å². The van der Waals surface area contributed by atoms with Gasteiger partial charge < -0.3 is 9.73 Å². The molecule has 0 saturated carbocycles. The molecule has 0 aliphatic rings. The summed E-state index contributed by atoms with van der Waals surface area (Å²) in [7, 11) is -2.91. The Kier molecular flexibility index (Phi) is 4.56. The lowest BCUT2D eigenvalue weighted by molar-refractivity contribution is 0.504. The molecule has 0 amide bonds. The van der Waals surface area contributed by atoms with Gasteiger partial charge >= 0.3 is 0 Å². The van der Waals surface area contributed by atoms with Crippen molar-refractivity contribution in [2.45, 2.75) is 26.3 Å². The zero-order valence-corrected chi connectivity index (χ0v) is 10.8. The van der Waals surface area contributed by atoms with Crippen molar-refractivity contribution in [3.8, 4) is 0 Å². The number of nitrogens with one attached hydrogen (secondary N) is 1. The third kappa shape index (κ3) is 4.37. The molecule has 4 nitrogen and oxygen atoms in total. The molecule has 0 spiro atoms. The number of hydrogen-bond acceptors (Lipinski definition) is 4. The van der Waals surface area contributed by atoms with Gasteiger partial charge in [-0.25, -0.2) is 8.42 Å². The van der Waals surface area contributed by atoms with Crippen LogP contribution in [-0.2, 0) is 9.84 Å². The molecule has 1 N–H and O–H groups in total. The molecular weight excluding hydrogens is 226 g/mol. The first-order valence-electron chi connectivity index (χ1n) is 5.38. The van der Waals surface area contributed by atoms with Crippen LogP contribution in [0.15, 0.2) is 16.7 Å². The molecule has 1 heterocycles. The zero-order valence-electron chi connectivity index (χ0n) is 9.99. The first-order chi connectivity index (χ1) is 7.42. The number of sulfone groups is 1. The highest BCUT2D eigenvalue weighted by Gasteiger charge is 2.15. The van der Waals surface area contributed by atoms with Gasteiger partial charge in [0.05, 0.1) is 12.0 Å². The predicted octanol–water partition coefficient (Wildman–Crippen LogP) is 1.67. The molecule has 1 aromatic rings. The lowest BCUT2D eigenvalue weighted by atomic mass is 10.1. The van der Waals surface area contributed by atoms with E-state index in [-0.39, 0.29) is 11.8 Å². The minimum absolute atomic E-state index is 0.0529. The maximum absolute atomic E-state index is 11.1. The maximum atomic E-state index is 11.1. The monoisotopic (exact) mass is 245 g/mol. The van der Waals surface area contributed by atoms with Gasteiger partial charge in [0, 0.05) is 17.9 Å². The van der Waals surface area contributed by atoms with E-state index in [2.05, 4.69) is 5.32 Å². The molecule has 92 valence electrons. The van der Waals surface area contributed by atoms with Gasteiger partial charge in [0.1, 0.15) is 15.6 Å². The molecule has 1 rings (SSSR count). The largest absolute Gasteiger partial charge is 0.469 e. The van der Waals surface area contributed by atoms with E-state index in [0.29, 0.717) is 6.42 Å². The van der Waals surface area contributed by atoms with Gasteiger partial charge in [0.2, 0.25) is 0 Å². The van der Waals surface area contributed by atoms with Crippen LogP contribution in [0.3, 0.4) is 0 Å². The van der Waals surface area contributed by atoms with Crippen LogP contribution in [0.4, 0.5) is 0 Å². The first-order valence-corrected chi connectivity index (χ1v) is 7.44. The van der Waals surface area contributed by atoms with Crippen molar-refractivity contribution in [1.29, 1.82) is 0 Å². The first kappa shape index (κ1) is 13.3. The number of aryl methyl sites for hydroxylation is 1. The van der Waals surface area contributed by atoms with Crippen LogP contribution in [0.5, 0.6) is 0 Å². The Morgan fingerprint density at radius 1 is 1.50 bits per heavy atom. The molecule has 0 aromatic carbocycles. The molecule has 1 atom stereocenters. The Hall–Kier alpha value is -0.810. The number of hydrogen-bond donors (Lipinski definition) is 1. The fourth-order valence-electron chi connectivity index (χ4n) is 1.61. The Morgan fingerprint density at radius 3 is 2.62 bits per heavy atom. The third-order valence-electron chi connectivity index (χ3n) is 2.38. The van der Waals surface area contributed by atoms with Gasteiger partial charge in [-0.15, -0.1) is 0 Å². The fraction of sp³-hybridized carbons (Fsp3) is 0.636. The molecule has 1 unspecified atom stereocenters. The van der Waals surface area contributed by atoms with E-state index in [1.165, 1.54) is 6.26 Å². The van der Waals surface area contributed by atoms with E-state index >= 15 is 0 Å². The Balaban J connectivity index is 2.68. The SMILES string of the molecule is CCNC(CCS(C)(=O)=O)c1coc(C)c1. The van der Waals surface area contributed by atoms with Gasteiger partial charge in [0.25, 0.3) is 0 Å². The fourth-order valence-corrected chi connectivity index (χ4v) is 2.28. The van der Waals surface area contributed by atoms with Crippen molar-refractivity contribution in [3.63, 3.8) is 0 Å². The number of furan rings is 1. The smallest absolute Gasteiger partial charge is 0.147 e. The lowest BCUT2D eigenvalue weighted by Gasteiger charge is -2.15. The summed E-state index contributed by atoms with van der Waals surface area (Å²) in [6.07, 6.45) is 3.52. The summed E-state index contributed by atoms with van der Waals surface area (Å²) in [6.45, 7) is 4.68. The second kappa shape index (κ2) is 5.50. The Morgan fingerprint density at radius 2 is 2.19 bits per heavy atom. The minimum Gasteiger partial charge on any atom is -0.469 e. The summed E-state index contributed by atoms with van der Waals surface area (Å²) in [5.41, 5.74) is 1.02. The summed E-state index contributed by atoms with van der Waals surface area (Å²) in [4.78, 5) is 0. The van der Waals surface area contributed by atoms with Gasteiger partial charge in [0.15, 0.2) is 0 Å². The van der Waals surface area contributed by atoms with Crippen LogP contribution in [0.2, 0.25) is 0 Å². The lowest BCUT2D eigenvalue weighted by Crippen LogP contribution is -2.23. The van der Waals surface area contributed by atoms with Crippen molar-refractivity contribution in [3.05, 3.63) is 23.7 Å². The van der Waals surface area contributed by atoms with Crippen molar-refractivity contribution in [1.82, 2.24) is 5.32 Å². The highest BCUT2D eigenvalue weighted by atomic mass is 32.2. The molecule has 0 saturated heterocycles. The molecule has 1 aromatic heterocycles. The Labute approximate surface area is 97.0 Å². The summed E-state index contributed by atoms with van der Waals surface area (Å²) < 4.78 is 27.5. The summed E-state index contributed by atoms with van der Waals surface area (Å²) in [6, 6.07) is 1.99. The summed E-state index contributed by atoms with van der Waals surface area (Å²) in [5.74, 6) is 1.03. The van der Waals surface area contributed by atoms with E-state index in [0.717, 1.165) is 17.9 Å². The molecule has 0 radical (unpaired) electrons. The van der Waals surface area contributed by atoms with Gasteiger partial charge in [-0.1, -0.05) is 6.92 Å².